The van der Waals surface area contributed by atoms with Crippen LogP contribution in [0.3, 0.4) is 0 Å². The molecule has 0 saturated heterocycles. The molecule has 6 rings (SSSR count). The summed E-state index contributed by atoms with van der Waals surface area (Å²) in [5, 5.41) is 26.8. The molecule has 4 amide bonds. The number of non-ortho nitro benzene ring substituents is 2. The van der Waals surface area contributed by atoms with Gasteiger partial charge in [0.2, 0.25) is 0 Å². The number of rotatable bonds is 8. The Morgan fingerprint density at radius 2 is 0.927 bits per heavy atom. The van der Waals surface area contributed by atoms with Gasteiger partial charge in [-0.3, -0.25) is 49.2 Å². The van der Waals surface area contributed by atoms with Crippen molar-refractivity contribution in [1.82, 2.24) is 15.1 Å². The Bertz CT molecular complexity index is 1710. The van der Waals surface area contributed by atoms with Gasteiger partial charge in [-0.2, -0.15) is 0 Å². The average molecular weight is 553 g/mol. The summed E-state index contributed by atoms with van der Waals surface area (Å²) in [6, 6.07) is 14.3. The van der Waals surface area contributed by atoms with Crippen molar-refractivity contribution < 1.29 is 29.0 Å². The Kier molecular flexibility index (Phi) is 6.00. The quantitative estimate of drug-likeness (QED) is 0.149. The summed E-state index contributed by atoms with van der Waals surface area (Å²) in [4.78, 5) is 76.4. The van der Waals surface area contributed by atoms with Crippen LogP contribution in [-0.2, 0) is 0 Å². The third-order valence-corrected chi connectivity index (χ3v) is 7.36. The van der Waals surface area contributed by atoms with E-state index in [0.29, 0.717) is 0 Å². The molecule has 13 nitrogen and oxygen atoms in total. The highest BCUT2D eigenvalue weighted by molar-refractivity contribution is 6.27. The molecule has 2 heterocycles. The van der Waals surface area contributed by atoms with Crippen molar-refractivity contribution in [3.63, 3.8) is 0 Å². The minimum atomic E-state index is -0.574. The standard InChI is InChI=1S/C28H19N5O8/c34-25-17-5-1-3-15-21(32(38)39)9-7-19(23(15)17)27(36)30(25)13-11-29-12-14-31-26(35)18-6-2-4-16-22(33(40)41)10-8-20(24(16)18)28(31)37/h1-10,29H,11-14H2. The van der Waals surface area contributed by atoms with Gasteiger partial charge in [-0.05, 0) is 36.4 Å². The van der Waals surface area contributed by atoms with Crippen LogP contribution in [0, 0.1) is 20.2 Å². The molecular formula is C28H19N5O8. The van der Waals surface area contributed by atoms with E-state index in [2.05, 4.69) is 5.32 Å². The lowest BCUT2D eigenvalue weighted by Gasteiger charge is -2.28. The summed E-state index contributed by atoms with van der Waals surface area (Å²) in [7, 11) is 0. The van der Waals surface area contributed by atoms with E-state index in [1.54, 1.807) is 0 Å². The fourth-order valence-corrected chi connectivity index (χ4v) is 5.49. The molecule has 0 aromatic heterocycles. The molecule has 0 bridgehead atoms. The van der Waals surface area contributed by atoms with Gasteiger partial charge < -0.3 is 5.32 Å². The van der Waals surface area contributed by atoms with Crippen LogP contribution in [0.15, 0.2) is 60.7 Å². The van der Waals surface area contributed by atoms with Crippen LogP contribution in [0.25, 0.3) is 21.5 Å². The molecule has 0 fully saturated rings. The fourth-order valence-electron chi connectivity index (χ4n) is 5.49. The average Bonchev–Trinajstić information content (AvgIpc) is 2.96. The second-order valence-electron chi connectivity index (χ2n) is 9.51. The van der Waals surface area contributed by atoms with Gasteiger partial charge in [-0.15, -0.1) is 0 Å². The number of benzene rings is 4. The van der Waals surface area contributed by atoms with Crippen LogP contribution in [0.1, 0.15) is 41.4 Å². The Labute approximate surface area is 230 Å². The second-order valence-corrected chi connectivity index (χ2v) is 9.51. The molecular weight excluding hydrogens is 534 g/mol. The third-order valence-electron chi connectivity index (χ3n) is 7.36. The monoisotopic (exact) mass is 553 g/mol. The van der Waals surface area contributed by atoms with E-state index in [0.717, 1.165) is 9.80 Å². The maximum atomic E-state index is 13.1. The first-order valence-electron chi connectivity index (χ1n) is 12.5. The SMILES string of the molecule is O=C1c2cccc3c([N+](=O)[O-])ccc(c23)C(=O)N1CCNCCN1C(=O)c2cccc3c([N+](=O)[O-])ccc(c23)C1=O. The van der Waals surface area contributed by atoms with Crippen LogP contribution in [0.4, 0.5) is 11.4 Å². The highest BCUT2D eigenvalue weighted by Gasteiger charge is 2.36. The zero-order valence-corrected chi connectivity index (χ0v) is 21.2. The Morgan fingerprint density at radius 1 is 0.561 bits per heavy atom. The van der Waals surface area contributed by atoms with Crippen LogP contribution in [0.2, 0.25) is 0 Å². The predicted molar refractivity (Wildman–Crippen MR) is 145 cm³/mol. The highest BCUT2D eigenvalue weighted by atomic mass is 16.6. The molecule has 1 N–H and O–H groups in total. The summed E-state index contributed by atoms with van der Waals surface area (Å²) < 4.78 is 0. The summed E-state index contributed by atoms with van der Waals surface area (Å²) in [5.74, 6) is -2.29. The minimum Gasteiger partial charge on any atom is -0.313 e. The normalized spacial score (nSPS) is 14.3. The molecule has 2 aliphatic rings. The number of nitrogens with zero attached hydrogens (tertiary/aromatic N) is 4. The number of hydrogen-bond donors (Lipinski definition) is 1. The van der Waals surface area contributed by atoms with Crippen molar-refractivity contribution in [2.75, 3.05) is 26.2 Å². The van der Waals surface area contributed by atoms with Crippen LogP contribution < -0.4 is 5.32 Å². The van der Waals surface area contributed by atoms with E-state index in [1.807, 2.05) is 0 Å². The molecule has 0 atom stereocenters. The van der Waals surface area contributed by atoms with Crippen LogP contribution >= 0.6 is 0 Å². The van der Waals surface area contributed by atoms with Crippen molar-refractivity contribution in [3.8, 4) is 0 Å². The van der Waals surface area contributed by atoms with Crippen molar-refractivity contribution in [3.05, 3.63) is 103 Å². The fraction of sp³-hybridized carbons (Fsp3) is 0.143. The molecule has 0 radical (unpaired) electrons. The van der Waals surface area contributed by atoms with E-state index in [1.165, 1.54) is 60.7 Å². The number of nitro groups is 2. The smallest absolute Gasteiger partial charge is 0.277 e. The predicted octanol–water partition coefficient (Wildman–Crippen LogP) is 3.29. The Balaban J connectivity index is 1.14. The molecule has 204 valence electrons. The largest absolute Gasteiger partial charge is 0.313 e. The van der Waals surface area contributed by atoms with Gasteiger partial charge in [-0.1, -0.05) is 12.1 Å². The lowest BCUT2D eigenvalue weighted by molar-refractivity contribution is -0.383. The first-order chi connectivity index (χ1) is 19.7. The zero-order valence-electron chi connectivity index (χ0n) is 21.2. The van der Waals surface area contributed by atoms with Gasteiger partial charge >= 0.3 is 0 Å². The van der Waals surface area contributed by atoms with Crippen molar-refractivity contribution in [1.29, 1.82) is 0 Å². The lowest BCUT2D eigenvalue weighted by atomic mass is 9.93. The molecule has 0 unspecified atom stereocenters. The van der Waals surface area contributed by atoms with E-state index in [4.69, 9.17) is 0 Å². The van der Waals surface area contributed by atoms with Gasteiger partial charge in [0.25, 0.3) is 35.0 Å². The number of hydrogen-bond acceptors (Lipinski definition) is 9. The molecule has 0 spiro atoms. The highest BCUT2D eigenvalue weighted by Crippen LogP contribution is 2.36. The van der Waals surface area contributed by atoms with Crippen molar-refractivity contribution >= 4 is 56.5 Å². The number of nitro benzene ring substituents is 2. The Morgan fingerprint density at radius 3 is 1.29 bits per heavy atom. The van der Waals surface area contributed by atoms with Gasteiger partial charge in [0, 0.05) is 71.3 Å². The zero-order chi connectivity index (χ0) is 29.0. The van der Waals surface area contributed by atoms with Gasteiger partial charge in [0.15, 0.2) is 0 Å². The van der Waals surface area contributed by atoms with Crippen LogP contribution in [-0.4, -0.2) is 69.5 Å². The first kappa shape index (κ1) is 25.7. The van der Waals surface area contributed by atoms with E-state index in [9.17, 15) is 39.4 Å². The number of nitrogens with one attached hydrogen (secondary N) is 1. The van der Waals surface area contributed by atoms with E-state index < -0.39 is 33.5 Å². The molecule has 4 aromatic rings. The summed E-state index contributed by atoms with van der Waals surface area (Å²) in [5.41, 5.74) is 0.383. The summed E-state index contributed by atoms with van der Waals surface area (Å²) >= 11 is 0. The summed E-state index contributed by atoms with van der Waals surface area (Å²) in [6.45, 7) is 0.283. The number of amides is 4. The summed E-state index contributed by atoms with van der Waals surface area (Å²) in [6.07, 6.45) is 0. The number of carbonyl (C=O) groups excluding carboxylic acids is 4. The minimum absolute atomic E-state index is 0.0157. The van der Waals surface area contributed by atoms with E-state index >= 15 is 0 Å². The third kappa shape index (κ3) is 3.90. The van der Waals surface area contributed by atoms with Crippen LogP contribution in [0.5, 0.6) is 0 Å². The maximum absolute atomic E-state index is 13.1. The lowest BCUT2D eigenvalue weighted by Crippen LogP contribution is -2.46. The topological polar surface area (TPSA) is 173 Å². The molecule has 2 aliphatic heterocycles. The van der Waals surface area contributed by atoms with Crippen molar-refractivity contribution in [2.24, 2.45) is 0 Å². The molecule has 41 heavy (non-hydrogen) atoms. The van der Waals surface area contributed by atoms with Gasteiger partial charge in [-0.25, -0.2) is 0 Å². The first-order valence-corrected chi connectivity index (χ1v) is 12.5. The van der Waals surface area contributed by atoms with E-state index in [-0.39, 0.29) is 81.4 Å². The molecule has 4 aromatic carbocycles. The van der Waals surface area contributed by atoms with Gasteiger partial charge in [0.05, 0.1) is 20.6 Å². The Hall–Kier alpha value is -5.56. The second kappa shape index (κ2) is 9.57. The molecule has 0 aliphatic carbocycles. The molecule has 13 heteroatoms. The number of imide groups is 2. The number of carbonyl (C=O) groups is 4. The maximum Gasteiger partial charge on any atom is 0.277 e. The van der Waals surface area contributed by atoms with Crippen molar-refractivity contribution in [2.45, 2.75) is 0 Å². The van der Waals surface area contributed by atoms with Gasteiger partial charge in [0.1, 0.15) is 0 Å². The molecule has 0 saturated carbocycles.